The Hall–Kier alpha value is -2.02. The van der Waals surface area contributed by atoms with Crippen molar-refractivity contribution in [2.24, 2.45) is 5.92 Å². The topological polar surface area (TPSA) is 71.3 Å². The molecule has 2 aromatic heterocycles. The lowest BCUT2D eigenvalue weighted by Gasteiger charge is -2.12. The number of rotatable bonds is 7. The summed E-state index contributed by atoms with van der Waals surface area (Å²) in [6.45, 7) is 6.68. The SMILES string of the molecule is Cc1cc(N(C)C)nc(SCc2ccc(C(=O)NCC(C)C)o2)n1. The maximum absolute atomic E-state index is 12.0. The largest absolute Gasteiger partial charge is 0.455 e. The van der Waals surface area contributed by atoms with Crippen molar-refractivity contribution in [1.29, 1.82) is 0 Å². The van der Waals surface area contributed by atoms with Crippen LogP contribution in [0.3, 0.4) is 0 Å². The van der Waals surface area contributed by atoms with Gasteiger partial charge in [0.25, 0.3) is 5.91 Å². The van der Waals surface area contributed by atoms with Crippen LogP contribution in [0.4, 0.5) is 5.82 Å². The van der Waals surface area contributed by atoms with Gasteiger partial charge in [-0.3, -0.25) is 4.79 Å². The van der Waals surface area contributed by atoms with Gasteiger partial charge in [0.2, 0.25) is 0 Å². The highest BCUT2D eigenvalue weighted by Gasteiger charge is 2.12. The summed E-state index contributed by atoms with van der Waals surface area (Å²) >= 11 is 1.49. The Kier molecular flexibility index (Phi) is 6.25. The zero-order chi connectivity index (χ0) is 17.7. The van der Waals surface area contributed by atoms with Gasteiger partial charge in [-0.2, -0.15) is 0 Å². The molecule has 0 fully saturated rings. The Labute approximate surface area is 147 Å². The van der Waals surface area contributed by atoms with Crippen LogP contribution in [-0.4, -0.2) is 36.5 Å². The lowest BCUT2D eigenvalue weighted by molar-refractivity contribution is 0.0920. The molecular formula is C17H24N4O2S. The smallest absolute Gasteiger partial charge is 0.287 e. The van der Waals surface area contributed by atoms with Gasteiger partial charge in [0, 0.05) is 32.4 Å². The predicted molar refractivity (Wildman–Crippen MR) is 96.5 cm³/mol. The lowest BCUT2D eigenvalue weighted by Crippen LogP contribution is -2.26. The monoisotopic (exact) mass is 348 g/mol. The van der Waals surface area contributed by atoms with E-state index in [0.717, 1.165) is 17.3 Å². The van der Waals surface area contributed by atoms with Gasteiger partial charge in [0.05, 0.1) is 5.75 Å². The van der Waals surface area contributed by atoms with Gasteiger partial charge in [0.15, 0.2) is 10.9 Å². The molecule has 7 heteroatoms. The third kappa shape index (κ3) is 5.26. The Bertz CT molecular complexity index is 698. The second kappa shape index (κ2) is 8.19. The molecule has 0 spiro atoms. The lowest BCUT2D eigenvalue weighted by atomic mass is 10.2. The quantitative estimate of drug-likeness (QED) is 0.612. The molecule has 0 saturated carbocycles. The zero-order valence-corrected chi connectivity index (χ0v) is 15.6. The van der Waals surface area contributed by atoms with Crippen molar-refractivity contribution in [1.82, 2.24) is 15.3 Å². The molecule has 2 heterocycles. The molecule has 0 saturated heterocycles. The van der Waals surface area contributed by atoms with Gasteiger partial charge in [-0.15, -0.1) is 0 Å². The van der Waals surface area contributed by atoms with E-state index in [1.807, 2.05) is 51.9 Å². The fraction of sp³-hybridized carbons (Fsp3) is 0.471. The van der Waals surface area contributed by atoms with E-state index in [-0.39, 0.29) is 5.91 Å². The second-order valence-corrected chi connectivity index (χ2v) is 7.15. The fourth-order valence-corrected chi connectivity index (χ4v) is 2.71. The number of amides is 1. The van der Waals surface area contributed by atoms with Gasteiger partial charge >= 0.3 is 0 Å². The highest BCUT2D eigenvalue weighted by Crippen LogP contribution is 2.23. The number of aryl methyl sites for hydroxylation is 1. The van der Waals surface area contributed by atoms with Crippen molar-refractivity contribution in [3.8, 4) is 0 Å². The molecule has 0 aromatic carbocycles. The van der Waals surface area contributed by atoms with Crippen LogP contribution in [0.25, 0.3) is 0 Å². The van der Waals surface area contributed by atoms with Crippen molar-refractivity contribution >= 4 is 23.5 Å². The van der Waals surface area contributed by atoms with Gasteiger partial charge in [-0.1, -0.05) is 25.6 Å². The van der Waals surface area contributed by atoms with Crippen LogP contribution in [0.15, 0.2) is 27.8 Å². The summed E-state index contributed by atoms with van der Waals surface area (Å²) in [5, 5.41) is 3.54. The molecule has 0 aliphatic rings. The molecule has 6 nitrogen and oxygen atoms in total. The number of furan rings is 1. The summed E-state index contributed by atoms with van der Waals surface area (Å²) in [6.07, 6.45) is 0. The Morgan fingerprint density at radius 1 is 1.33 bits per heavy atom. The Balaban J connectivity index is 1.97. The molecule has 0 radical (unpaired) electrons. The maximum atomic E-state index is 12.0. The standard InChI is InChI=1S/C17H24N4O2S/c1-11(2)9-18-16(22)14-7-6-13(23-14)10-24-17-19-12(3)8-15(20-17)21(4)5/h6-8,11H,9-10H2,1-5H3,(H,18,22). The number of aromatic nitrogens is 2. The molecule has 0 aliphatic carbocycles. The molecule has 0 unspecified atom stereocenters. The van der Waals surface area contributed by atoms with Crippen LogP contribution in [-0.2, 0) is 5.75 Å². The number of thioether (sulfide) groups is 1. The van der Waals surface area contributed by atoms with Crippen molar-refractivity contribution in [3.05, 3.63) is 35.4 Å². The second-order valence-electron chi connectivity index (χ2n) is 6.20. The van der Waals surface area contributed by atoms with E-state index in [2.05, 4.69) is 15.3 Å². The van der Waals surface area contributed by atoms with Crippen LogP contribution in [0, 0.1) is 12.8 Å². The van der Waals surface area contributed by atoms with E-state index >= 15 is 0 Å². The van der Waals surface area contributed by atoms with E-state index in [1.165, 1.54) is 11.8 Å². The van der Waals surface area contributed by atoms with Crippen molar-refractivity contribution in [3.63, 3.8) is 0 Å². The molecule has 1 amide bonds. The van der Waals surface area contributed by atoms with E-state index in [9.17, 15) is 4.79 Å². The minimum absolute atomic E-state index is 0.179. The van der Waals surface area contributed by atoms with Crippen molar-refractivity contribution in [2.45, 2.75) is 31.7 Å². The minimum atomic E-state index is -0.179. The molecule has 0 aliphatic heterocycles. The maximum Gasteiger partial charge on any atom is 0.287 e. The third-order valence-electron chi connectivity index (χ3n) is 3.18. The first-order chi connectivity index (χ1) is 11.3. The number of carbonyl (C=O) groups excluding carboxylic acids is 1. The Morgan fingerprint density at radius 3 is 2.75 bits per heavy atom. The number of carbonyl (C=O) groups is 1. The van der Waals surface area contributed by atoms with Gasteiger partial charge in [-0.05, 0) is 25.0 Å². The molecule has 2 aromatic rings. The van der Waals surface area contributed by atoms with Crippen LogP contribution < -0.4 is 10.2 Å². The highest BCUT2D eigenvalue weighted by atomic mass is 32.2. The molecule has 130 valence electrons. The number of nitrogens with zero attached hydrogens (tertiary/aromatic N) is 3. The van der Waals surface area contributed by atoms with Gasteiger partial charge in [0.1, 0.15) is 11.6 Å². The summed E-state index contributed by atoms with van der Waals surface area (Å²) in [6, 6.07) is 5.46. The molecular weight excluding hydrogens is 324 g/mol. The van der Waals surface area contributed by atoms with E-state index < -0.39 is 0 Å². The summed E-state index contributed by atoms with van der Waals surface area (Å²) in [4.78, 5) is 22.8. The number of hydrogen-bond acceptors (Lipinski definition) is 6. The van der Waals surface area contributed by atoms with Crippen LogP contribution in [0.1, 0.15) is 35.9 Å². The zero-order valence-electron chi connectivity index (χ0n) is 14.8. The summed E-state index contributed by atoms with van der Waals surface area (Å²) in [7, 11) is 3.90. The fourth-order valence-electron chi connectivity index (χ4n) is 1.92. The van der Waals surface area contributed by atoms with Gasteiger partial charge < -0.3 is 14.6 Å². The van der Waals surface area contributed by atoms with Gasteiger partial charge in [-0.25, -0.2) is 9.97 Å². The van der Waals surface area contributed by atoms with Crippen LogP contribution in [0.2, 0.25) is 0 Å². The van der Waals surface area contributed by atoms with Crippen LogP contribution in [0.5, 0.6) is 0 Å². The normalized spacial score (nSPS) is 10.9. The summed E-state index contributed by atoms with van der Waals surface area (Å²) < 4.78 is 5.61. The van der Waals surface area contributed by atoms with Crippen LogP contribution >= 0.6 is 11.8 Å². The van der Waals surface area contributed by atoms with Crippen molar-refractivity contribution in [2.75, 3.05) is 25.5 Å². The Morgan fingerprint density at radius 2 is 2.08 bits per heavy atom. The van der Waals surface area contributed by atoms with E-state index in [1.54, 1.807) is 6.07 Å². The highest BCUT2D eigenvalue weighted by molar-refractivity contribution is 7.98. The molecule has 2 rings (SSSR count). The number of hydrogen-bond donors (Lipinski definition) is 1. The third-order valence-corrected chi connectivity index (χ3v) is 4.05. The molecule has 24 heavy (non-hydrogen) atoms. The first-order valence-corrected chi connectivity index (χ1v) is 8.86. The van der Waals surface area contributed by atoms with E-state index in [0.29, 0.717) is 29.1 Å². The molecule has 1 N–H and O–H groups in total. The van der Waals surface area contributed by atoms with E-state index in [4.69, 9.17) is 4.42 Å². The molecule has 0 bridgehead atoms. The van der Waals surface area contributed by atoms with Crippen molar-refractivity contribution < 1.29 is 9.21 Å². The number of nitrogens with one attached hydrogen (secondary N) is 1. The molecule has 0 atom stereocenters. The first kappa shape index (κ1) is 18.3. The minimum Gasteiger partial charge on any atom is -0.455 e. The average Bonchev–Trinajstić information content (AvgIpc) is 2.99. The average molecular weight is 348 g/mol. The number of anilines is 1. The predicted octanol–water partition coefficient (Wildman–Crippen LogP) is 3.12. The summed E-state index contributed by atoms with van der Waals surface area (Å²) in [5.74, 6) is 2.74. The first-order valence-electron chi connectivity index (χ1n) is 7.88. The summed E-state index contributed by atoms with van der Waals surface area (Å²) in [5.41, 5.74) is 0.921.